The molecule has 2 aromatic heterocycles. The summed E-state index contributed by atoms with van der Waals surface area (Å²) in [7, 11) is 0. The summed E-state index contributed by atoms with van der Waals surface area (Å²) in [5, 5.41) is 6.63. The summed E-state index contributed by atoms with van der Waals surface area (Å²) in [6.07, 6.45) is 5.38. The fourth-order valence-electron chi connectivity index (χ4n) is 3.37. The molecule has 6 heteroatoms. The highest BCUT2D eigenvalue weighted by Gasteiger charge is 2.21. The maximum absolute atomic E-state index is 13.4. The minimum absolute atomic E-state index is 0.257. The van der Waals surface area contributed by atoms with E-state index in [0.717, 1.165) is 39.3 Å². The lowest BCUT2D eigenvalue weighted by atomic mass is 10.0. The second-order valence-electron chi connectivity index (χ2n) is 6.53. The Labute approximate surface area is 161 Å². The van der Waals surface area contributed by atoms with Gasteiger partial charge in [0, 0.05) is 41.3 Å². The third-order valence-electron chi connectivity index (χ3n) is 4.69. The van der Waals surface area contributed by atoms with Crippen LogP contribution in [0.5, 0.6) is 0 Å². The van der Waals surface area contributed by atoms with Gasteiger partial charge in [0.25, 0.3) is 0 Å². The van der Waals surface area contributed by atoms with Crippen molar-refractivity contribution in [2.45, 2.75) is 6.54 Å². The molecule has 1 aliphatic heterocycles. The number of hydrogen-bond donors (Lipinski definition) is 2. The van der Waals surface area contributed by atoms with Crippen LogP contribution in [-0.4, -0.2) is 15.0 Å². The molecular formula is C22H16FN5. The summed E-state index contributed by atoms with van der Waals surface area (Å²) < 4.78 is 13.4. The van der Waals surface area contributed by atoms with Crippen LogP contribution in [0.15, 0.2) is 73.2 Å². The quantitative estimate of drug-likeness (QED) is 0.468. The van der Waals surface area contributed by atoms with Gasteiger partial charge in [0.15, 0.2) is 0 Å². The maximum atomic E-state index is 13.4. The van der Waals surface area contributed by atoms with Crippen LogP contribution >= 0.6 is 0 Å². The smallest absolute Gasteiger partial charge is 0.223 e. The number of nitrogens with one attached hydrogen (secondary N) is 2. The Hall–Kier alpha value is -3.80. The van der Waals surface area contributed by atoms with Crippen LogP contribution in [0.3, 0.4) is 0 Å². The van der Waals surface area contributed by atoms with Crippen molar-refractivity contribution in [3.63, 3.8) is 0 Å². The van der Waals surface area contributed by atoms with Crippen molar-refractivity contribution in [1.29, 1.82) is 0 Å². The van der Waals surface area contributed by atoms with Gasteiger partial charge in [0.1, 0.15) is 5.82 Å². The molecule has 5 nitrogen and oxygen atoms in total. The average Bonchev–Trinajstić information content (AvgIpc) is 2.87. The Kier molecular flexibility index (Phi) is 3.94. The topological polar surface area (TPSA) is 62.7 Å². The van der Waals surface area contributed by atoms with Crippen molar-refractivity contribution in [1.82, 2.24) is 15.0 Å². The molecule has 2 aromatic carbocycles. The second-order valence-corrected chi connectivity index (χ2v) is 6.53. The molecule has 4 aromatic rings. The molecule has 0 atom stereocenters. The van der Waals surface area contributed by atoms with Gasteiger partial charge in [-0.3, -0.25) is 4.98 Å². The van der Waals surface area contributed by atoms with Crippen LogP contribution in [0, 0.1) is 5.82 Å². The van der Waals surface area contributed by atoms with Gasteiger partial charge < -0.3 is 10.6 Å². The zero-order valence-electron chi connectivity index (χ0n) is 14.9. The molecule has 0 fully saturated rings. The summed E-state index contributed by atoms with van der Waals surface area (Å²) in [5.41, 5.74) is 6.47. The molecule has 1 aliphatic rings. The normalized spacial score (nSPS) is 11.5. The van der Waals surface area contributed by atoms with Gasteiger partial charge in [-0.05, 0) is 29.8 Å². The number of benzene rings is 2. The van der Waals surface area contributed by atoms with E-state index >= 15 is 0 Å². The summed E-state index contributed by atoms with van der Waals surface area (Å²) in [4.78, 5) is 13.5. The largest absolute Gasteiger partial charge is 0.353 e. The lowest BCUT2D eigenvalue weighted by Crippen LogP contribution is -2.05. The number of aromatic nitrogens is 3. The van der Waals surface area contributed by atoms with Crippen molar-refractivity contribution < 1.29 is 4.39 Å². The molecule has 3 heterocycles. The zero-order valence-corrected chi connectivity index (χ0v) is 14.9. The first-order chi connectivity index (χ1) is 13.8. The SMILES string of the molecule is Fc1cccc(CNc2ncc3c(n2)-c2ccccc2Nc2cnccc2-3)c1. The third kappa shape index (κ3) is 2.95. The van der Waals surface area contributed by atoms with Crippen molar-refractivity contribution in [2.75, 3.05) is 10.6 Å². The van der Waals surface area contributed by atoms with Crippen LogP contribution in [-0.2, 0) is 6.54 Å². The molecule has 0 bridgehead atoms. The third-order valence-corrected chi connectivity index (χ3v) is 4.69. The number of rotatable bonds is 3. The fourth-order valence-corrected chi connectivity index (χ4v) is 3.37. The van der Waals surface area contributed by atoms with Crippen molar-refractivity contribution in [3.05, 3.63) is 84.6 Å². The highest BCUT2D eigenvalue weighted by molar-refractivity contribution is 5.96. The number of halogens is 1. The molecule has 0 radical (unpaired) electrons. The minimum atomic E-state index is -0.257. The van der Waals surface area contributed by atoms with Gasteiger partial charge in [-0.2, -0.15) is 0 Å². The van der Waals surface area contributed by atoms with Crippen molar-refractivity contribution in [2.24, 2.45) is 0 Å². The predicted molar refractivity (Wildman–Crippen MR) is 108 cm³/mol. The van der Waals surface area contributed by atoms with E-state index in [1.165, 1.54) is 12.1 Å². The summed E-state index contributed by atoms with van der Waals surface area (Å²) in [6, 6.07) is 16.5. The monoisotopic (exact) mass is 369 g/mol. The molecule has 0 saturated carbocycles. The van der Waals surface area contributed by atoms with Gasteiger partial charge in [-0.1, -0.05) is 30.3 Å². The molecule has 0 amide bonds. The second kappa shape index (κ2) is 6.74. The van der Waals surface area contributed by atoms with Gasteiger partial charge in [-0.25, -0.2) is 14.4 Å². The summed E-state index contributed by atoms with van der Waals surface area (Å²) >= 11 is 0. The molecule has 0 saturated heterocycles. The Bertz CT molecular complexity index is 1170. The number of para-hydroxylation sites is 1. The lowest BCUT2D eigenvalue weighted by Gasteiger charge is -2.11. The van der Waals surface area contributed by atoms with E-state index in [9.17, 15) is 4.39 Å². The fraction of sp³-hybridized carbons (Fsp3) is 0.0455. The summed E-state index contributed by atoms with van der Waals surface area (Å²) in [6.45, 7) is 0.441. The van der Waals surface area contributed by atoms with E-state index in [1.807, 2.05) is 42.6 Å². The Morgan fingerprint density at radius 1 is 0.893 bits per heavy atom. The number of anilines is 3. The number of fused-ring (bicyclic) bond motifs is 5. The van der Waals surface area contributed by atoms with Gasteiger partial charge in [0.05, 0.1) is 17.6 Å². The van der Waals surface area contributed by atoms with E-state index in [4.69, 9.17) is 4.98 Å². The maximum Gasteiger partial charge on any atom is 0.223 e. The Morgan fingerprint density at radius 2 is 1.82 bits per heavy atom. The molecular weight excluding hydrogens is 353 g/mol. The number of nitrogens with zero attached hydrogens (tertiary/aromatic N) is 3. The minimum Gasteiger partial charge on any atom is -0.353 e. The van der Waals surface area contributed by atoms with E-state index in [1.54, 1.807) is 18.5 Å². The summed E-state index contributed by atoms with van der Waals surface area (Å²) in [5.74, 6) is 0.239. The van der Waals surface area contributed by atoms with Crippen molar-refractivity contribution in [3.8, 4) is 22.4 Å². The van der Waals surface area contributed by atoms with Crippen LogP contribution < -0.4 is 10.6 Å². The standard InChI is InChI=1S/C22H16FN5/c23-15-5-3-4-14(10-15)11-25-22-26-12-18-16-8-9-24-13-20(16)27-19-7-2-1-6-17(19)21(18)28-22/h1-10,12-13,27H,11H2,(H,25,26,28). The molecule has 0 spiro atoms. The first kappa shape index (κ1) is 16.4. The van der Waals surface area contributed by atoms with Gasteiger partial charge in [0.2, 0.25) is 5.95 Å². The average molecular weight is 369 g/mol. The van der Waals surface area contributed by atoms with Gasteiger partial charge in [-0.15, -0.1) is 0 Å². The zero-order chi connectivity index (χ0) is 18.9. The van der Waals surface area contributed by atoms with Crippen LogP contribution in [0.1, 0.15) is 5.56 Å². The first-order valence-electron chi connectivity index (χ1n) is 8.94. The lowest BCUT2D eigenvalue weighted by molar-refractivity contribution is 0.626. The molecule has 2 N–H and O–H groups in total. The van der Waals surface area contributed by atoms with E-state index < -0.39 is 0 Å². The van der Waals surface area contributed by atoms with E-state index in [0.29, 0.717) is 12.5 Å². The molecule has 0 unspecified atom stereocenters. The molecule has 28 heavy (non-hydrogen) atoms. The van der Waals surface area contributed by atoms with E-state index in [2.05, 4.69) is 20.6 Å². The Morgan fingerprint density at radius 3 is 2.75 bits per heavy atom. The highest BCUT2D eigenvalue weighted by Crippen LogP contribution is 2.42. The van der Waals surface area contributed by atoms with Crippen LogP contribution in [0.4, 0.5) is 21.7 Å². The molecule has 0 aliphatic carbocycles. The molecule has 136 valence electrons. The number of pyridine rings is 1. The number of hydrogen-bond acceptors (Lipinski definition) is 5. The Balaban J connectivity index is 1.57. The van der Waals surface area contributed by atoms with Crippen LogP contribution in [0.25, 0.3) is 22.4 Å². The first-order valence-corrected chi connectivity index (χ1v) is 8.94. The predicted octanol–water partition coefficient (Wildman–Crippen LogP) is 5.01. The van der Waals surface area contributed by atoms with Gasteiger partial charge >= 0.3 is 0 Å². The van der Waals surface area contributed by atoms with Crippen LogP contribution in [0.2, 0.25) is 0 Å². The van der Waals surface area contributed by atoms with Crippen molar-refractivity contribution >= 4 is 17.3 Å². The highest BCUT2D eigenvalue weighted by atomic mass is 19.1. The molecule has 5 rings (SSSR count). The van der Waals surface area contributed by atoms with E-state index in [-0.39, 0.29) is 5.82 Å².